The summed E-state index contributed by atoms with van der Waals surface area (Å²) in [6.07, 6.45) is 1.45. The molecule has 0 aromatic carbocycles. The van der Waals surface area contributed by atoms with Crippen molar-refractivity contribution in [3.05, 3.63) is 17.5 Å². The molecule has 227 valence electrons. The maximum atomic E-state index is 12.9. The number of aryl methyl sites for hydroxylation is 1. The van der Waals surface area contributed by atoms with Crippen molar-refractivity contribution in [2.24, 2.45) is 12.2 Å². The predicted molar refractivity (Wildman–Crippen MR) is 139 cm³/mol. The third-order valence-electron chi connectivity index (χ3n) is 5.73. The van der Waals surface area contributed by atoms with Gasteiger partial charge in [0.25, 0.3) is 0 Å². The molecule has 2 amide bonds. The first-order valence-corrected chi connectivity index (χ1v) is 13.6. The average Bonchev–Trinajstić information content (AvgIpc) is 3.42. The molecule has 1 radical (unpaired) electrons. The number of nitrogens with zero attached hydrogens (tertiary/aromatic N) is 5. The van der Waals surface area contributed by atoms with Gasteiger partial charge in [0.2, 0.25) is 0 Å². The average molecular weight is 618 g/mol. The van der Waals surface area contributed by atoms with Crippen LogP contribution in [0.5, 0.6) is 0 Å². The van der Waals surface area contributed by atoms with Crippen LogP contribution in [-0.2, 0) is 55.0 Å². The van der Waals surface area contributed by atoms with Gasteiger partial charge in [-0.3, -0.25) is 9.23 Å². The fraction of sp³-hybridized carbons (Fsp3) is 0.714. The third-order valence-corrected chi connectivity index (χ3v) is 6.08. The number of methoxy groups -OCH3 is 1. The molecule has 2 aliphatic heterocycles. The van der Waals surface area contributed by atoms with Crippen molar-refractivity contribution in [2.75, 3.05) is 80.2 Å². The summed E-state index contributed by atoms with van der Waals surface area (Å²) < 4.78 is 63.8. The number of rotatable bonds is 18. The molecule has 2 aliphatic rings. The number of hydrogen-bond acceptors (Lipinski definition) is 13. The molecule has 1 aromatic rings. The molecule has 2 N–H and O–H groups in total. The Balaban J connectivity index is 0.00000588. The van der Waals surface area contributed by atoms with E-state index in [2.05, 4.69) is 19.9 Å². The van der Waals surface area contributed by atoms with Crippen LogP contribution in [0.1, 0.15) is 23.3 Å². The molecule has 1 fully saturated rings. The second-order valence-electron chi connectivity index (χ2n) is 8.36. The van der Waals surface area contributed by atoms with Crippen molar-refractivity contribution in [1.82, 2.24) is 25.1 Å². The van der Waals surface area contributed by atoms with E-state index in [0.29, 0.717) is 56.0 Å². The fourth-order valence-corrected chi connectivity index (χ4v) is 4.39. The van der Waals surface area contributed by atoms with Crippen LogP contribution in [0.25, 0.3) is 0 Å². The monoisotopic (exact) mass is 617 g/mol. The first kappa shape index (κ1) is 35.3. The molecule has 18 nitrogen and oxygen atoms in total. The van der Waals surface area contributed by atoms with Crippen molar-refractivity contribution in [3.8, 4) is 0 Å². The van der Waals surface area contributed by atoms with Crippen LogP contribution in [0.4, 0.5) is 4.79 Å². The standard InChI is InChI=1S/C21H34N6O12S.Na/c1-22-20(24-38-17(28)14-37-11-10-36-9-8-35-7-6-34-5-4-33-3)19-18-15(12-23-25(18)2)16-13-26(19)21(29)27(16)39-40(30,31)32;/h12,16,19H,4-11,13-14H2,1-3H3,(H,22,24)(H,30,31,32);/t16-,19-;/m0./s1. The van der Waals surface area contributed by atoms with Crippen molar-refractivity contribution in [3.63, 3.8) is 0 Å². The number of ether oxygens (including phenoxy) is 5. The Hall–Kier alpha value is -1.91. The maximum absolute atomic E-state index is 12.9. The van der Waals surface area contributed by atoms with E-state index < -0.39 is 41.1 Å². The Kier molecular flexibility index (Phi) is 14.9. The van der Waals surface area contributed by atoms with Crippen molar-refractivity contribution in [1.29, 1.82) is 0 Å². The van der Waals surface area contributed by atoms with E-state index in [1.165, 1.54) is 22.8 Å². The fourth-order valence-electron chi connectivity index (χ4n) is 4.02. The summed E-state index contributed by atoms with van der Waals surface area (Å²) in [7, 11) is -0.235. The zero-order valence-electron chi connectivity index (χ0n) is 23.4. The Morgan fingerprint density at radius 2 is 1.68 bits per heavy atom. The quantitative estimate of drug-likeness (QED) is 0.0362. The molecule has 3 heterocycles. The van der Waals surface area contributed by atoms with Crippen LogP contribution in [0.2, 0.25) is 0 Å². The molecule has 1 aromatic heterocycles. The van der Waals surface area contributed by atoms with Gasteiger partial charge in [0.15, 0.2) is 5.84 Å². The molecule has 0 saturated carbocycles. The largest absolute Gasteiger partial charge is 0.418 e. The number of likely N-dealkylation sites (N-methyl/N-ethyl adjacent to an activating group) is 1. The summed E-state index contributed by atoms with van der Waals surface area (Å²) >= 11 is 0. The van der Waals surface area contributed by atoms with E-state index >= 15 is 0 Å². The molecule has 2 bridgehead atoms. The number of oxime groups is 1. The van der Waals surface area contributed by atoms with Gasteiger partial charge in [0.1, 0.15) is 18.7 Å². The van der Waals surface area contributed by atoms with E-state index in [0.717, 1.165) is 0 Å². The van der Waals surface area contributed by atoms with Crippen LogP contribution >= 0.6 is 0 Å². The van der Waals surface area contributed by atoms with E-state index in [4.69, 9.17) is 33.1 Å². The summed E-state index contributed by atoms with van der Waals surface area (Å²) in [6, 6.07) is -2.62. The molecule has 1 saturated heterocycles. The Bertz CT molecular complexity index is 1140. The van der Waals surface area contributed by atoms with Gasteiger partial charge >= 0.3 is 22.4 Å². The van der Waals surface area contributed by atoms with Gasteiger partial charge in [-0.25, -0.2) is 9.59 Å². The van der Waals surface area contributed by atoms with Gasteiger partial charge in [-0.05, 0) is 0 Å². The van der Waals surface area contributed by atoms with Gasteiger partial charge in [0.05, 0.1) is 71.3 Å². The number of carbonyl (C=O) groups is 2. The van der Waals surface area contributed by atoms with Gasteiger partial charge in [-0.15, -0.1) is 4.28 Å². The van der Waals surface area contributed by atoms with E-state index in [-0.39, 0.29) is 55.2 Å². The minimum Gasteiger partial charge on any atom is -0.382 e. The van der Waals surface area contributed by atoms with Gasteiger partial charge < -0.3 is 38.7 Å². The number of carbonyl (C=O) groups excluding carboxylic acids is 2. The minimum atomic E-state index is -4.97. The van der Waals surface area contributed by atoms with Crippen LogP contribution in [0.3, 0.4) is 0 Å². The second-order valence-corrected chi connectivity index (χ2v) is 9.37. The van der Waals surface area contributed by atoms with Crippen molar-refractivity contribution in [2.45, 2.75) is 12.1 Å². The number of nitrogens with one attached hydrogen (secondary N) is 1. The minimum absolute atomic E-state index is 0. The van der Waals surface area contributed by atoms with Crippen LogP contribution in [0.15, 0.2) is 11.4 Å². The maximum Gasteiger partial charge on any atom is 0.418 e. The summed E-state index contributed by atoms with van der Waals surface area (Å²) in [4.78, 5) is 31.3. The molecule has 0 aliphatic carbocycles. The molecule has 3 rings (SSSR count). The number of amides is 2. The summed E-state index contributed by atoms with van der Waals surface area (Å²) in [6.45, 7) is 2.65. The molecule has 2 atom stereocenters. The van der Waals surface area contributed by atoms with E-state index in [1.807, 2.05) is 0 Å². The van der Waals surface area contributed by atoms with Crippen molar-refractivity contribution >= 4 is 57.8 Å². The second kappa shape index (κ2) is 17.3. The number of amidine groups is 1. The molecular weight excluding hydrogens is 583 g/mol. The SMILES string of the molecule is CN/C(=N\OC(=O)COCCOCCOCCOCCOC)[C@@H]1c2c(cnn2C)[C@@H]2CN1C(=O)N2OS(=O)(=O)O.[Na]. The Morgan fingerprint density at radius 1 is 1.10 bits per heavy atom. The van der Waals surface area contributed by atoms with E-state index in [1.54, 1.807) is 14.2 Å². The first-order valence-electron chi connectivity index (χ1n) is 12.2. The Morgan fingerprint density at radius 3 is 2.24 bits per heavy atom. The third kappa shape index (κ3) is 10.1. The van der Waals surface area contributed by atoms with Crippen LogP contribution in [-0.4, -0.2) is 160 Å². The molecule has 0 spiro atoms. The molecular formula is C21H34N6NaO12S. The summed E-state index contributed by atoms with van der Waals surface area (Å²) in [5, 5.41) is 11.4. The van der Waals surface area contributed by atoms with Gasteiger partial charge in [-0.2, -0.15) is 18.6 Å². The van der Waals surface area contributed by atoms with Crippen molar-refractivity contribution < 1.29 is 55.4 Å². The first-order chi connectivity index (χ1) is 19.2. The number of aromatic nitrogens is 2. The van der Waals surface area contributed by atoms with Gasteiger partial charge in [-0.1, -0.05) is 5.16 Å². The normalized spacial score (nSPS) is 18.3. The topological polar surface area (TPSA) is 202 Å². The summed E-state index contributed by atoms with van der Waals surface area (Å²) in [5.74, 6) is -0.737. The molecule has 20 heteroatoms. The molecule has 41 heavy (non-hydrogen) atoms. The number of hydroxylamine groups is 2. The van der Waals surface area contributed by atoms with Gasteiger partial charge in [0, 0.05) is 56.3 Å². The number of hydrogen-bond donors (Lipinski definition) is 2. The molecule has 0 unspecified atom stereocenters. The number of fused-ring (bicyclic) bond motifs is 4. The predicted octanol–water partition coefficient (Wildman–Crippen LogP) is -1.60. The smallest absolute Gasteiger partial charge is 0.382 e. The number of urea groups is 1. The zero-order chi connectivity index (χ0) is 29.1. The van der Waals surface area contributed by atoms with Crippen LogP contribution < -0.4 is 5.32 Å². The summed E-state index contributed by atoms with van der Waals surface area (Å²) in [5.41, 5.74) is 0.947. The van der Waals surface area contributed by atoms with Crippen LogP contribution in [0, 0.1) is 0 Å². The zero-order valence-corrected chi connectivity index (χ0v) is 26.2. The Labute approximate surface area is 259 Å². The van der Waals surface area contributed by atoms with E-state index in [9.17, 15) is 18.0 Å².